The van der Waals surface area contributed by atoms with E-state index in [1.54, 1.807) is 24.5 Å². The van der Waals surface area contributed by atoms with E-state index < -0.39 is 6.10 Å². The molecule has 2 heterocycles. The molecule has 0 amide bonds. The van der Waals surface area contributed by atoms with Gasteiger partial charge in [-0.05, 0) is 6.07 Å². The highest BCUT2D eigenvalue weighted by molar-refractivity contribution is 5.64. The second-order valence-electron chi connectivity index (χ2n) is 4.50. The van der Waals surface area contributed by atoms with E-state index in [4.69, 9.17) is 4.52 Å². The van der Waals surface area contributed by atoms with Gasteiger partial charge in [0.25, 0.3) is 5.89 Å². The number of aliphatic hydroxyl groups is 1. The van der Waals surface area contributed by atoms with Crippen molar-refractivity contribution in [1.82, 2.24) is 15.1 Å². The maximum Gasteiger partial charge on any atom is 0.256 e. The molecule has 0 radical (unpaired) electrons. The molecule has 0 aliphatic rings. The fraction of sp³-hybridized carbons (Fsp3) is 0.0625. The molecule has 5 nitrogen and oxygen atoms in total. The van der Waals surface area contributed by atoms with E-state index in [1.807, 2.05) is 30.3 Å². The third-order valence-corrected chi connectivity index (χ3v) is 3.06. The number of pyridine rings is 1. The van der Waals surface area contributed by atoms with Crippen LogP contribution in [0.4, 0.5) is 0 Å². The molecule has 21 heavy (non-hydrogen) atoms. The highest BCUT2D eigenvalue weighted by Gasteiger charge is 2.19. The van der Waals surface area contributed by atoms with Crippen LogP contribution in [0.3, 0.4) is 0 Å². The molecule has 1 aromatic carbocycles. The summed E-state index contributed by atoms with van der Waals surface area (Å²) < 4.78 is 5.18. The van der Waals surface area contributed by atoms with E-state index in [1.165, 1.54) is 0 Å². The van der Waals surface area contributed by atoms with Crippen LogP contribution in [0.15, 0.2) is 66.0 Å². The maximum absolute atomic E-state index is 10.3. The zero-order valence-electron chi connectivity index (χ0n) is 11.2. The number of hydrogen-bond donors (Lipinski definition) is 1. The van der Waals surface area contributed by atoms with E-state index in [9.17, 15) is 5.11 Å². The summed E-state index contributed by atoms with van der Waals surface area (Å²) in [6, 6.07) is 13.0. The minimum Gasteiger partial charge on any atom is -0.383 e. The zero-order valence-corrected chi connectivity index (χ0v) is 11.2. The Labute approximate surface area is 121 Å². The SMILES string of the molecule is C=C(c1nc(-c2ccccc2)no1)C(O)c1cccnc1. The van der Waals surface area contributed by atoms with Crippen molar-refractivity contribution in [3.8, 4) is 11.4 Å². The molecule has 3 rings (SSSR count). The van der Waals surface area contributed by atoms with Gasteiger partial charge in [0.2, 0.25) is 5.82 Å². The monoisotopic (exact) mass is 279 g/mol. The first-order chi connectivity index (χ1) is 10.3. The van der Waals surface area contributed by atoms with Crippen LogP contribution in [-0.4, -0.2) is 20.2 Å². The lowest BCUT2D eigenvalue weighted by Crippen LogP contribution is -2.00. The van der Waals surface area contributed by atoms with E-state index in [2.05, 4.69) is 21.7 Å². The van der Waals surface area contributed by atoms with Gasteiger partial charge in [-0.2, -0.15) is 4.98 Å². The number of aromatic nitrogens is 3. The van der Waals surface area contributed by atoms with Gasteiger partial charge >= 0.3 is 0 Å². The lowest BCUT2D eigenvalue weighted by molar-refractivity contribution is 0.233. The van der Waals surface area contributed by atoms with Gasteiger partial charge in [-0.25, -0.2) is 0 Å². The average molecular weight is 279 g/mol. The molecule has 3 aromatic rings. The fourth-order valence-electron chi connectivity index (χ4n) is 1.91. The van der Waals surface area contributed by atoms with E-state index in [0.717, 1.165) is 5.56 Å². The van der Waals surface area contributed by atoms with Gasteiger partial charge in [-0.3, -0.25) is 4.98 Å². The molecule has 1 atom stereocenters. The quantitative estimate of drug-likeness (QED) is 0.795. The van der Waals surface area contributed by atoms with Gasteiger partial charge in [0.15, 0.2) is 0 Å². The summed E-state index contributed by atoms with van der Waals surface area (Å²) in [7, 11) is 0. The van der Waals surface area contributed by atoms with Crippen LogP contribution in [-0.2, 0) is 0 Å². The van der Waals surface area contributed by atoms with Crippen molar-refractivity contribution in [1.29, 1.82) is 0 Å². The summed E-state index contributed by atoms with van der Waals surface area (Å²) >= 11 is 0. The Morgan fingerprint density at radius 1 is 1.14 bits per heavy atom. The summed E-state index contributed by atoms with van der Waals surface area (Å²) in [5.41, 5.74) is 1.82. The topological polar surface area (TPSA) is 72.0 Å². The van der Waals surface area contributed by atoms with Crippen molar-refractivity contribution in [2.75, 3.05) is 0 Å². The lowest BCUT2D eigenvalue weighted by Gasteiger charge is -2.09. The van der Waals surface area contributed by atoms with Gasteiger partial charge in [-0.1, -0.05) is 48.1 Å². The molecule has 0 saturated carbocycles. The molecule has 1 N–H and O–H groups in total. The summed E-state index contributed by atoms with van der Waals surface area (Å²) in [6.45, 7) is 3.83. The summed E-state index contributed by atoms with van der Waals surface area (Å²) in [5, 5.41) is 14.2. The molecule has 5 heteroatoms. The smallest absolute Gasteiger partial charge is 0.256 e. The molecular formula is C16H13N3O2. The largest absolute Gasteiger partial charge is 0.383 e. The minimum absolute atomic E-state index is 0.213. The van der Waals surface area contributed by atoms with Crippen molar-refractivity contribution in [2.24, 2.45) is 0 Å². The molecule has 0 saturated heterocycles. The van der Waals surface area contributed by atoms with Crippen LogP contribution in [0.2, 0.25) is 0 Å². The van der Waals surface area contributed by atoms with Crippen LogP contribution in [0.1, 0.15) is 17.6 Å². The van der Waals surface area contributed by atoms with Crippen LogP contribution in [0.5, 0.6) is 0 Å². The van der Waals surface area contributed by atoms with Gasteiger partial charge in [0, 0.05) is 29.1 Å². The van der Waals surface area contributed by atoms with Gasteiger partial charge in [-0.15, -0.1) is 0 Å². The highest BCUT2D eigenvalue weighted by atomic mass is 16.5. The molecular weight excluding hydrogens is 266 g/mol. The molecule has 0 spiro atoms. The first kappa shape index (κ1) is 13.2. The second kappa shape index (κ2) is 5.68. The highest BCUT2D eigenvalue weighted by Crippen LogP contribution is 2.28. The van der Waals surface area contributed by atoms with Crippen molar-refractivity contribution in [2.45, 2.75) is 6.10 Å². The summed E-state index contributed by atoms with van der Waals surface area (Å²) in [6.07, 6.45) is 2.28. The summed E-state index contributed by atoms with van der Waals surface area (Å²) in [5.74, 6) is 0.676. The third kappa shape index (κ3) is 2.73. The predicted molar refractivity (Wildman–Crippen MR) is 78.0 cm³/mol. The normalized spacial score (nSPS) is 12.0. The minimum atomic E-state index is -0.928. The van der Waals surface area contributed by atoms with E-state index in [0.29, 0.717) is 17.0 Å². The van der Waals surface area contributed by atoms with Crippen LogP contribution < -0.4 is 0 Å². The predicted octanol–water partition coefficient (Wildman–Crippen LogP) is 2.88. The molecule has 1 unspecified atom stereocenters. The lowest BCUT2D eigenvalue weighted by atomic mass is 10.1. The number of rotatable bonds is 4. The van der Waals surface area contributed by atoms with Crippen molar-refractivity contribution < 1.29 is 9.63 Å². The van der Waals surface area contributed by atoms with Crippen molar-refractivity contribution in [3.63, 3.8) is 0 Å². The van der Waals surface area contributed by atoms with Crippen LogP contribution in [0.25, 0.3) is 17.0 Å². The zero-order chi connectivity index (χ0) is 14.7. The Morgan fingerprint density at radius 2 is 1.95 bits per heavy atom. The van der Waals surface area contributed by atoms with E-state index in [-0.39, 0.29) is 5.89 Å². The van der Waals surface area contributed by atoms with Crippen molar-refractivity contribution >= 4 is 5.57 Å². The molecule has 0 aliphatic heterocycles. The molecule has 0 aliphatic carbocycles. The number of benzene rings is 1. The Morgan fingerprint density at radius 3 is 2.67 bits per heavy atom. The molecule has 2 aromatic heterocycles. The van der Waals surface area contributed by atoms with Crippen molar-refractivity contribution in [3.05, 3.63) is 72.9 Å². The third-order valence-electron chi connectivity index (χ3n) is 3.06. The van der Waals surface area contributed by atoms with Gasteiger partial charge in [0.05, 0.1) is 0 Å². The maximum atomic E-state index is 10.3. The Kier molecular flexibility index (Phi) is 3.57. The van der Waals surface area contributed by atoms with Crippen LogP contribution in [0, 0.1) is 0 Å². The second-order valence-corrected chi connectivity index (χ2v) is 4.50. The molecule has 0 bridgehead atoms. The molecule has 104 valence electrons. The summed E-state index contributed by atoms with van der Waals surface area (Å²) in [4.78, 5) is 8.24. The fourth-order valence-corrected chi connectivity index (χ4v) is 1.91. The number of nitrogens with zero attached hydrogens (tertiary/aromatic N) is 3. The standard InChI is InChI=1S/C16H13N3O2/c1-11(14(20)13-8-5-9-17-10-13)16-18-15(19-21-16)12-6-3-2-4-7-12/h2-10,14,20H,1H2. The number of aliphatic hydroxyl groups excluding tert-OH is 1. The first-order valence-electron chi connectivity index (χ1n) is 6.42. The van der Waals surface area contributed by atoms with Crippen LogP contribution >= 0.6 is 0 Å². The van der Waals surface area contributed by atoms with Gasteiger partial charge in [0.1, 0.15) is 6.10 Å². The molecule has 0 fully saturated rings. The first-order valence-corrected chi connectivity index (χ1v) is 6.42. The van der Waals surface area contributed by atoms with E-state index >= 15 is 0 Å². The Bertz CT molecular complexity index is 738. The Hall–Kier alpha value is -2.79. The number of hydrogen-bond acceptors (Lipinski definition) is 5. The van der Waals surface area contributed by atoms with Gasteiger partial charge < -0.3 is 9.63 Å². The Balaban J connectivity index is 1.85. The average Bonchev–Trinajstić information content (AvgIpc) is 3.05.